The van der Waals surface area contributed by atoms with Gasteiger partial charge in [-0.3, -0.25) is 14.4 Å². The highest BCUT2D eigenvalue weighted by Gasteiger charge is 2.51. The van der Waals surface area contributed by atoms with Crippen LogP contribution in [-0.4, -0.2) is 189 Å². The van der Waals surface area contributed by atoms with E-state index in [-0.39, 0.29) is 107 Å². The predicted octanol–water partition coefficient (Wildman–Crippen LogP) is 3.90. The number of ether oxygens (including phenoxy) is 12. The molecule has 78 heavy (non-hydrogen) atoms. The van der Waals surface area contributed by atoms with Crippen LogP contribution in [0.3, 0.4) is 0 Å². The zero-order valence-electron chi connectivity index (χ0n) is 46.6. The molecule has 22 nitrogen and oxygen atoms in total. The molecule has 438 valence electrons. The van der Waals surface area contributed by atoms with Gasteiger partial charge in [0.25, 0.3) is 0 Å². The van der Waals surface area contributed by atoms with Crippen LogP contribution in [0, 0.1) is 24.7 Å². The number of hydrogen-bond acceptors (Lipinski definition) is 22. The van der Waals surface area contributed by atoms with Crippen molar-refractivity contribution in [2.75, 3.05) is 7.11 Å². The maximum Gasteiger partial charge on any atom is 0.302 e. The summed E-state index contributed by atoms with van der Waals surface area (Å²) in [7, 11) is 1.21. The van der Waals surface area contributed by atoms with Crippen LogP contribution in [-0.2, 0) is 68.1 Å². The van der Waals surface area contributed by atoms with E-state index in [9.17, 15) is 45.3 Å². The summed E-state index contributed by atoms with van der Waals surface area (Å²) in [4.78, 5) is 41.4. The molecule has 6 unspecified atom stereocenters. The van der Waals surface area contributed by atoms with Gasteiger partial charge in [-0.2, -0.15) is 0 Å². The molecule has 5 fully saturated rings. The van der Waals surface area contributed by atoms with Crippen molar-refractivity contribution in [3.8, 4) is 17.2 Å². The Labute approximate surface area is 454 Å². The number of hydrogen-bond donors (Lipinski definition) is 7. The standard InChI is InChI=1S/C56H82O22/c1-22-13-34(58)17-40(68-22)75-37-18-41(70-26(5)23(37)2)74-36-16-33-14-32-15-35(54(67-12)53(65)50(62)30(9)69-31(10)57)55(52(64)46(32)51(63)45(33)47(59)24(36)3)78-43-20-38(48(60)29(8)73-43)76-42-19-39(49(61)28(7)72-42)77-44-21-56(11,66)25(4)27(6)71-44/h14,16,22-23,25-30,34-35,37-44,48-50,54-55,58-63,66H,13,15,17-21H2,1-12H3/t22?,23-,25-,26?,27?,28?,29?,30+,34-,35-,37+,38+,39+,40-,41-,42-,43-,44-,48+,49+,50-,54-,55-,56?/m0/s1. The minimum Gasteiger partial charge on any atom is -0.507 e. The average Bonchev–Trinajstić information content (AvgIpc) is 3.54. The summed E-state index contributed by atoms with van der Waals surface area (Å²) in [5.74, 6) is -4.74. The normalized spacial score (nSPS) is 40.7. The average molecular weight is 1110 g/mol. The maximum atomic E-state index is 15.2. The first kappa shape index (κ1) is 60.4. The Kier molecular flexibility index (Phi) is 18.9. The quantitative estimate of drug-likeness (QED) is 0.117. The summed E-state index contributed by atoms with van der Waals surface area (Å²) < 4.78 is 73.5. The van der Waals surface area contributed by atoms with Crippen LogP contribution in [0.15, 0.2) is 12.1 Å². The second kappa shape index (κ2) is 24.4. The number of carbonyl (C=O) groups is 3. The summed E-state index contributed by atoms with van der Waals surface area (Å²) in [5.41, 5.74) is -0.848. The van der Waals surface area contributed by atoms with Crippen LogP contribution in [0.25, 0.3) is 10.8 Å². The number of aliphatic hydroxyl groups excluding tert-OH is 4. The van der Waals surface area contributed by atoms with E-state index in [0.717, 1.165) is 6.92 Å². The van der Waals surface area contributed by atoms with Gasteiger partial charge in [-0.05, 0) is 91.3 Å². The Hall–Kier alpha value is -3.69. The first-order valence-corrected chi connectivity index (χ1v) is 27.4. The number of aliphatic hydroxyl groups is 5. The molecule has 0 radical (unpaired) electrons. The number of ketones is 2. The van der Waals surface area contributed by atoms with Crippen molar-refractivity contribution >= 4 is 28.3 Å². The lowest BCUT2D eigenvalue weighted by molar-refractivity contribution is -0.331. The molecule has 8 rings (SSSR count). The van der Waals surface area contributed by atoms with Gasteiger partial charge < -0.3 is 92.6 Å². The minimum atomic E-state index is -1.91. The topological polar surface area (TPSA) is 304 Å². The van der Waals surface area contributed by atoms with Gasteiger partial charge in [0, 0.05) is 69.5 Å². The molecule has 5 aliphatic heterocycles. The number of carbonyl (C=O) groups excluding carboxylic acids is 3. The van der Waals surface area contributed by atoms with Crippen LogP contribution in [0.2, 0.25) is 0 Å². The zero-order chi connectivity index (χ0) is 57.0. The SMILES string of the molecule is CO[C@H](C(=O)[C@@H](O)[C@@H](C)OC(C)=O)[C@@H]1Cc2cc3cc(O[C@H]4C[C@@H](O[C@H]5C[C@@H](O)CC(C)O5)[C@@H](C)C(C)O4)c(C)c(O)c3c(O)c2C(=O)[C@H]1O[C@H]1C[C@@H](O[C@H]2C[C@@H](O[C@H]3CC(C)(O)[C@@H](C)C(C)O3)[C@H](O)C(C)O2)[C@H](O)C(C)O1. The fourth-order valence-corrected chi connectivity index (χ4v) is 12.0. The molecule has 0 spiro atoms. The third-order valence-corrected chi connectivity index (χ3v) is 17.1. The number of phenols is 2. The number of rotatable bonds is 16. The molecule has 0 amide bonds. The van der Waals surface area contributed by atoms with Gasteiger partial charge in [0.1, 0.15) is 47.8 Å². The fourth-order valence-electron chi connectivity index (χ4n) is 12.0. The molecule has 0 bridgehead atoms. The molecule has 0 saturated carbocycles. The molecule has 6 aliphatic rings. The van der Waals surface area contributed by atoms with E-state index < -0.39 is 133 Å². The number of benzene rings is 2. The summed E-state index contributed by atoms with van der Waals surface area (Å²) >= 11 is 0. The van der Waals surface area contributed by atoms with Crippen molar-refractivity contribution in [2.45, 2.75) is 250 Å². The highest BCUT2D eigenvalue weighted by atomic mass is 16.7. The van der Waals surface area contributed by atoms with E-state index in [1.165, 1.54) is 14.0 Å². The van der Waals surface area contributed by atoms with Crippen molar-refractivity contribution in [1.29, 1.82) is 0 Å². The Balaban J connectivity index is 1.06. The molecular formula is C56H82O22. The van der Waals surface area contributed by atoms with Crippen molar-refractivity contribution in [1.82, 2.24) is 0 Å². The summed E-state index contributed by atoms with van der Waals surface area (Å²) in [6.07, 6.45) is -18.0. The van der Waals surface area contributed by atoms with E-state index in [1.54, 1.807) is 39.8 Å². The van der Waals surface area contributed by atoms with E-state index in [4.69, 9.17) is 56.8 Å². The third-order valence-electron chi connectivity index (χ3n) is 17.1. The van der Waals surface area contributed by atoms with Crippen molar-refractivity contribution in [3.63, 3.8) is 0 Å². The molecule has 0 aromatic heterocycles. The van der Waals surface area contributed by atoms with Crippen LogP contribution < -0.4 is 4.74 Å². The highest BCUT2D eigenvalue weighted by molar-refractivity contribution is 6.11. The van der Waals surface area contributed by atoms with Crippen LogP contribution in [0.5, 0.6) is 17.2 Å². The van der Waals surface area contributed by atoms with E-state index >= 15 is 4.79 Å². The van der Waals surface area contributed by atoms with Gasteiger partial charge in [0.05, 0.1) is 71.5 Å². The largest absolute Gasteiger partial charge is 0.507 e. The number of methoxy groups -OCH3 is 1. The van der Waals surface area contributed by atoms with Crippen LogP contribution >= 0.6 is 0 Å². The van der Waals surface area contributed by atoms with Crippen LogP contribution in [0.1, 0.15) is 129 Å². The van der Waals surface area contributed by atoms with Gasteiger partial charge in [-0.1, -0.05) is 13.8 Å². The van der Waals surface area contributed by atoms with E-state index in [1.807, 2.05) is 34.6 Å². The summed E-state index contributed by atoms with van der Waals surface area (Å²) in [6, 6.07) is 3.18. The molecular weight excluding hydrogens is 1020 g/mol. The lowest BCUT2D eigenvalue weighted by atomic mass is 9.75. The van der Waals surface area contributed by atoms with Gasteiger partial charge in [-0.25, -0.2) is 0 Å². The van der Waals surface area contributed by atoms with Crippen molar-refractivity contribution < 1.29 is 107 Å². The lowest BCUT2D eigenvalue weighted by Crippen LogP contribution is -2.57. The van der Waals surface area contributed by atoms with E-state index in [2.05, 4.69) is 0 Å². The monoisotopic (exact) mass is 1110 g/mol. The van der Waals surface area contributed by atoms with Crippen molar-refractivity contribution in [3.05, 3.63) is 28.8 Å². The second-order valence-electron chi connectivity index (χ2n) is 22.9. The predicted molar refractivity (Wildman–Crippen MR) is 273 cm³/mol. The van der Waals surface area contributed by atoms with Crippen LogP contribution in [0.4, 0.5) is 0 Å². The molecule has 24 atom stereocenters. The highest BCUT2D eigenvalue weighted by Crippen LogP contribution is 2.48. The molecule has 5 saturated heterocycles. The number of Topliss-reactive ketones (excluding diaryl/α,β-unsaturated/α-hetero) is 2. The molecule has 1 aliphatic carbocycles. The van der Waals surface area contributed by atoms with E-state index in [0.29, 0.717) is 12.8 Å². The minimum absolute atomic E-state index is 0.00462. The Bertz CT molecular complexity index is 2440. The summed E-state index contributed by atoms with van der Waals surface area (Å²) in [6.45, 7) is 18.5. The van der Waals surface area contributed by atoms with Gasteiger partial charge in [-0.15, -0.1) is 0 Å². The molecule has 5 heterocycles. The molecule has 7 N–H and O–H groups in total. The Morgan fingerprint density at radius 2 is 1.29 bits per heavy atom. The maximum absolute atomic E-state index is 15.2. The number of phenolic OH excluding ortho intramolecular Hbond substituents is 2. The zero-order valence-corrected chi connectivity index (χ0v) is 46.6. The lowest BCUT2D eigenvalue weighted by Gasteiger charge is -2.46. The molecule has 2 aromatic carbocycles. The Morgan fingerprint density at radius 3 is 1.90 bits per heavy atom. The first-order chi connectivity index (χ1) is 36.6. The smallest absolute Gasteiger partial charge is 0.302 e. The molecule has 2 aromatic rings. The van der Waals surface area contributed by atoms with Gasteiger partial charge in [0.15, 0.2) is 42.8 Å². The molecule has 22 heteroatoms. The number of fused-ring (bicyclic) bond motifs is 2. The third kappa shape index (κ3) is 12.8. The Morgan fingerprint density at radius 1 is 0.731 bits per heavy atom. The number of aromatic hydroxyl groups is 2. The van der Waals surface area contributed by atoms with Gasteiger partial charge >= 0.3 is 5.97 Å². The summed E-state index contributed by atoms with van der Waals surface area (Å²) in [5, 5.41) is 79.6. The number of esters is 1. The second-order valence-corrected chi connectivity index (χ2v) is 22.9. The van der Waals surface area contributed by atoms with Crippen molar-refractivity contribution in [2.24, 2.45) is 17.8 Å². The fraction of sp³-hybridized carbons (Fsp3) is 0.768. The first-order valence-electron chi connectivity index (χ1n) is 27.4. The van der Waals surface area contributed by atoms with Gasteiger partial charge in [0.2, 0.25) is 6.29 Å².